The molecule has 5 nitrogen and oxygen atoms in total. The first-order chi connectivity index (χ1) is 7.75. The second kappa shape index (κ2) is 8.22. The molecule has 0 radical (unpaired) electrons. The highest BCUT2D eigenvalue weighted by Crippen LogP contribution is 2.45. The van der Waals surface area contributed by atoms with Crippen LogP contribution in [0.4, 0.5) is 0 Å². The molecule has 0 aromatic heterocycles. The van der Waals surface area contributed by atoms with E-state index in [4.69, 9.17) is 9.05 Å². The Morgan fingerprint density at radius 2 is 1.59 bits per heavy atom. The largest absolute Gasteiger partial charge is 0.406 e. The molecule has 0 aromatic carbocycles. The summed E-state index contributed by atoms with van der Waals surface area (Å²) in [6.45, 7) is 8.94. The Morgan fingerprint density at radius 1 is 1.12 bits per heavy atom. The molecule has 17 heavy (non-hydrogen) atoms. The van der Waals surface area contributed by atoms with E-state index in [0.29, 0.717) is 6.54 Å². The summed E-state index contributed by atoms with van der Waals surface area (Å²) < 4.78 is 23.0. The fourth-order valence-corrected chi connectivity index (χ4v) is 3.01. The zero-order chi connectivity index (χ0) is 13.5. The van der Waals surface area contributed by atoms with Gasteiger partial charge in [-0.3, -0.25) is 9.05 Å². The number of hydrogen-bond acceptors (Lipinski definition) is 4. The van der Waals surface area contributed by atoms with Crippen molar-refractivity contribution in [3.8, 4) is 0 Å². The van der Waals surface area contributed by atoms with Crippen LogP contribution in [0, 0.1) is 0 Å². The van der Waals surface area contributed by atoms with Gasteiger partial charge in [-0.2, -0.15) is 0 Å². The van der Waals surface area contributed by atoms with Crippen molar-refractivity contribution in [3.05, 3.63) is 0 Å². The minimum atomic E-state index is -3.16. The van der Waals surface area contributed by atoms with Gasteiger partial charge in [0.25, 0.3) is 0 Å². The first kappa shape index (κ1) is 17.1. The van der Waals surface area contributed by atoms with Gasteiger partial charge >= 0.3 is 7.75 Å². The second-order valence-electron chi connectivity index (χ2n) is 4.87. The summed E-state index contributed by atoms with van der Waals surface area (Å²) >= 11 is 0. The van der Waals surface area contributed by atoms with Crippen molar-refractivity contribution in [1.29, 1.82) is 0 Å². The van der Waals surface area contributed by atoms with Gasteiger partial charge in [0.15, 0.2) is 0 Å². The molecule has 0 rings (SSSR count). The molecule has 0 aliphatic rings. The van der Waals surface area contributed by atoms with Gasteiger partial charge in [0.2, 0.25) is 0 Å². The van der Waals surface area contributed by atoms with E-state index in [9.17, 15) is 4.57 Å². The molecule has 0 atom stereocenters. The fraction of sp³-hybridized carbons (Fsp3) is 1.00. The zero-order valence-corrected chi connectivity index (χ0v) is 12.8. The Balaban J connectivity index is 4.15. The zero-order valence-electron chi connectivity index (χ0n) is 11.9. The van der Waals surface area contributed by atoms with Crippen LogP contribution in [0.3, 0.4) is 0 Å². The van der Waals surface area contributed by atoms with Crippen LogP contribution in [-0.2, 0) is 13.6 Å². The summed E-state index contributed by atoms with van der Waals surface area (Å²) in [5.74, 6) is 0. The van der Waals surface area contributed by atoms with E-state index in [1.165, 1.54) is 0 Å². The van der Waals surface area contributed by atoms with Crippen LogP contribution in [0.25, 0.3) is 0 Å². The van der Waals surface area contributed by atoms with Gasteiger partial charge in [-0.1, -0.05) is 0 Å². The van der Waals surface area contributed by atoms with Gasteiger partial charge in [-0.15, -0.1) is 0 Å². The monoisotopic (exact) mass is 266 g/mol. The number of nitrogens with zero attached hydrogens (tertiary/aromatic N) is 1. The van der Waals surface area contributed by atoms with E-state index < -0.39 is 7.75 Å². The molecule has 1 N–H and O–H groups in total. The van der Waals surface area contributed by atoms with E-state index in [1.807, 2.05) is 41.8 Å². The molecule has 104 valence electrons. The molecular weight excluding hydrogens is 239 g/mol. The first-order valence-electron chi connectivity index (χ1n) is 6.12. The Labute approximate surface area is 105 Å². The molecule has 0 amide bonds. The van der Waals surface area contributed by atoms with E-state index >= 15 is 0 Å². The normalized spacial score (nSPS) is 13.0. The molecule has 0 aliphatic heterocycles. The molecule has 0 heterocycles. The molecule has 0 saturated heterocycles. The van der Waals surface area contributed by atoms with Crippen molar-refractivity contribution < 1.29 is 13.6 Å². The SMILES string of the molecule is CC(C)OP(=O)(NCCCN(C)C)OC(C)C. The Bertz CT molecular complexity index is 231. The quantitative estimate of drug-likeness (QED) is 0.513. The van der Waals surface area contributed by atoms with Gasteiger partial charge in [0, 0.05) is 6.54 Å². The average molecular weight is 266 g/mol. The summed E-state index contributed by atoms with van der Waals surface area (Å²) in [5.41, 5.74) is 0. The molecule has 0 aliphatic carbocycles. The van der Waals surface area contributed by atoms with E-state index in [1.54, 1.807) is 0 Å². The molecule has 0 bridgehead atoms. The van der Waals surface area contributed by atoms with E-state index in [0.717, 1.165) is 13.0 Å². The lowest BCUT2D eigenvalue weighted by Gasteiger charge is -2.23. The van der Waals surface area contributed by atoms with Gasteiger partial charge in [0.05, 0.1) is 12.2 Å². The van der Waals surface area contributed by atoms with Gasteiger partial charge in [-0.25, -0.2) is 9.65 Å². The number of nitrogens with one attached hydrogen (secondary N) is 1. The summed E-state index contributed by atoms with van der Waals surface area (Å²) in [6, 6.07) is 0. The Kier molecular flexibility index (Phi) is 8.25. The van der Waals surface area contributed by atoms with Crippen molar-refractivity contribution >= 4 is 7.75 Å². The average Bonchev–Trinajstić information content (AvgIpc) is 2.09. The maximum absolute atomic E-state index is 12.3. The molecular formula is C11H27N2O3P. The van der Waals surface area contributed by atoms with Crippen LogP contribution in [0.5, 0.6) is 0 Å². The molecule has 0 fully saturated rings. The van der Waals surface area contributed by atoms with Crippen molar-refractivity contribution in [1.82, 2.24) is 9.99 Å². The highest BCUT2D eigenvalue weighted by Gasteiger charge is 2.26. The van der Waals surface area contributed by atoms with Crippen molar-refractivity contribution in [2.75, 3.05) is 27.2 Å². The minimum absolute atomic E-state index is 0.124. The highest BCUT2D eigenvalue weighted by atomic mass is 31.2. The summed E-state index contributed by atoms with van der Waals surface area (Å²) in [5, 5.41) is 2.90. The van der Waals surface area contributed by atoms with E-state index in [2.05, 4.69) is 9.99 Å². The summed E-state index contributed by atoms with van der Waals surface area (Å²) in [7, 11) is 0.857. The highest BCUT2D eigenvalue weighted by molar-refractivity contribution is 7.51. The third kappa shape index (κ3) is 9.74. The number of rotatable bonds is 9. The molecule has 0 unspecified atom stereocenters. The van der Waals surface area contributed by atoms with Crippen LogP contribution in [0.15, 0.2) is 0 Å². The predicted molar refractivity (Wildman–Crippen MR) is 71.2 cm³/mol. The fourth-order valence-electron chi connectivity index (χ4n) is 1.27. The van der Waals surface area contributed by atoms with Crippen molar-refractivity contribution in [3.63, 3.8) is 0 Å². The van der Waals surface area contributed by atoms with Gasteiger partial charge in [-0.05, 0) is 54.8 Å². The van der Waals surface area contributed by atoms with Gasteiger partial charge in [0.1, 0.15) is 0 Å². The minimum Gasteiger partial charge on any atom is -0.309 e. The lowest BCUT2D eigenvalue weighted by atomic mass is 10.4. The topological polar surface area (TPSA) is 50.8 Å². The lowest BCUT2D eigenvalue weighted by Crippen LogP contribution is -2.23. The van der Waals surface area contributed by atoms with Crippen molar-refractivity contribution in [2.24, 2.45) is 0 Å². The molecule has 0 saturated carbocycles. The predicted octanol–water partition coefficient (Wildman–Crippen LogP) is 2.49. The molecule has 0 aromatic rings. The smallest absolute Gasteiger partial charge is 0.309 e. The van der Waals surface area contributed by atoms with Gasteiger partial charge < -0.3 is 4.90 Å². The molecule has 0 spiro atoms. The third-order valence-electron chi connectivity index (χ3n) is 1.79. The summed E-state index contributed by atoms with van der Waals surface area (Å²) in [6.07, 6.45) is 0.654. The summed E-state index contributed by atoms with van der Waals surface area (Å²) in [4.78, 5) is 2.08. The standard InChI is InChI=1S/C11H27N2O3P/c1-10(2)15-17(14,16-11(3)4)12-8-7-9-13(5)6/h10-11H,7-9H2,1-6H3,(H,12,14). The third-order valence-corrected chi connectivity index (χ3v) is 3.80. The Hall–Kier alpha value is 0.0700. The van der Waals surface area contributed by atoms with Crippen LogP contribution >= 0.6 is 7.75 Å². The van der Waals surface area contributed by atoms with Crippen LogP contribution in [0.1, 0.15) is 34.1 Å². The van der Waals surface area contributed by atoms with Crippen LogP contribution < -0.4 is 5.09 Å². The lowest BCUT2D eigenvalue weighted by molar-refractivity contribution is 0.135. The van der Waals surface area contributed by atoms with Crippen LogP contribution in [-0.4, -0.2) is 44.3 Å². The Morgan fingerprint density at radius 3 is 1.94 bits per heavy atom. The van der Waals surface area contributed by atoms with Crippen LogP contribution in [0.2, 0.25) is 0 Å². The molecule has 6 heteroatoms. The van der Waals surface area contributed by atoms with Crippen molar-refractivity contribution in [2.45, 2.75) is 46.3 Å². The maximum Gasteiger partial charge on any atom is 0.406 e. The first-order valence-corrected chi connectivity index (χ1v) is 7.66. The second-order valence-corrected chi connectivity index (χ2v) is 6.60. The van der Waals surface area contributed by atoms with E-state index in [-0.39, 0.29) is 12.2 Å². The number of hydrogen-bond donors (Lipinski definition) is 1. The maximum atomic E-state index is 12.3.